The minimum absolute atomic E-state index is 0.00161. The number of carbonyl (C=O) groups excluding carboxylic acids is 2. The van der Waals surface area contributed by atoms with E-state index in [9.17, 15) is 14.0 Å². The summed E-state index contributed by atoms with van der Waals surface area (Å²) in [5, 5.41) is 0. The van der Waals surface area contributed by atoms with Gasteiger partial charge in [0.15, 0.2) is 5.78 Å². The molecule has 1 heterocycles. The first kappa shape index (κ1) is 17.3. The molecule has 2 rings (SSSR count). The van der Waals surface area contributed by atoms with Crippen LogP contribution in [0.3, 0.4) is 0 Å². The summed E-state index contributed by atoms with van der Waals surface area (Å²) in [5.41, 5.74) is 0.750. The summed E-state index contributed by atoms with van der Waals surface area (Å²) in [4.78, 5) is 27.8. The molecule has 0 atom stereocenters. The maximum atomic E-state index is 13.2. The molecule has 0 saturated carbocycles. The largest absolute Gasteiger partial charge is 0.339 e. The Labute approximate surface area is 139 Å². The summed E-state index contributed by atoms with van der Waals surface area (Å²) in [6.07, 6.45) is 0.386. The first-order valence-electron chi connectivity index (χ1n) is 7.61. The van der Waals surface area contributed by atoms with Gasteiger partial charge in [-0.1, -0.05) is 12.1 Å². The van der Waals surface area contributed by atoms with Gasteiger partial charge in [-0.05, 0) is 43.7 Å². The van der Waals surface area contributed by atoms with Crippen LogP contribution >= 0.6 is 11.3 Å². The third-order valence-electron chi connectivity index (χ3n) is 3.58. The van der Waals surface area contributed by atoms with E-state index < -0.39 is 0 Å². The van der Waals surface area contributed by atoms with Crippen LogP contribution in [0.25, 0.3) is 0 Å². The minimum atomic E-state index is -0.311. The van der Waals surface area contributed by atoms with Crippen molar-refractivity contribution in [2.45, 2.75) is 33.2 Å². The highest BCUT2D eigenvalue weighted by Crippen LogP contribution is 2.18. The van der Waals surface area contributed by atoms with Crippen LogP contribution in [0.5, 0.6) is 0 Å². The van der Waals surface area contributed by atoms with E-state index in [0.29, 0.717) is 18.0 Å². The zero-order chi connectivity index (χ0) is 16.8. The molecule has 0 aliphatic carbocycles. The van der Waals surface area contributed by atoms with Gasteiger partial charge in [-0.25, -0.2) is 4.39 Å². The minimum Gasteiger partial charge on any atom is -0.339 e. The van der Waals surface area contributed by atoms with Crippen molar-refractivity contribution in [3.05, 3.63) is 57.5 Å². The number of aryl methyl sites for hydroxylation is 1. The second-order valence-corrected chi connectivity index (χ2v) is 6.66. The van der Waals surface area contributed by atoms with Gasteiger partial charge < -0.3 is 4.90 Å². The number of hydrogen-bond acceptors (Lipinski definition) is 3. The topological polar surface area (TPSA) is 37.4 Å². The molecule has 2 aromatic rings. The molecule has 0 fully saturated rings. The second-order valence-electron chi connectivity index (χ2n) is 5.37. The molecule has 1 aromatic carbocycles. The standard InChI is InChI=1S/C18H20FNO2S/c1-3-20(12-14-5-4-6-15(19)11-14)18(22)10-8-16(21)17-9-7-13(2)23-17/h4-7,9,11H,3,8,10,12H2,1-2H3. The van der Waals surface area contributed by atoms with Crippen LogP contribution in [0.1, 0.15) is 39.9 Å². The van der Waals surface area contributed by atoms with Crippen molar-refractivity contribution in [3.8, 4) is 0 Å². The van der Waals surface area contributed by atoms with Gasteiger partial charge in [-0.3, -0.25) is 9.59 Å². The third-order valence-corrected chi connectivity index (χ3v) is 4.62. The van der Waals surface area contributed by atoms with E-state index in [1.54, 1.807) is 23.1 Å². The van der Waals surface area contributed by atoms with Crippen LogP contribution in [0.2, 0.25) is 0 Å². The molecule has 0 radical (unpaired) electrons. The van der Waals surface area contributed by atoms with E-state index in [1.165, 1.54) is 23.5 Å². The highest BCUT2D eigenvalue weighted by Gasteiger charge is 2.16. The summed E-state index contributed by atoms with van der Waals surface area (Å²) in [6, 6.07) is 9.93. The molecule has 122 valence electrons. The highest BCUT2D eigenvalue weighted by molar-refractivity contribution is 7.14. The molecule has 0 saturated heterocycles. The first-order valence-corrected chi connectivity index (χ1v) is 8.43. The van der Waals surface area contributed by atoms with Gasteiger partial charge in [0.2, 0.25) is 5.91 Å². The molecular weight excluding hydrogens is 313 g/mol. The predicted octanol–water partition coefficient (Wildman–Crippen LogP) is 4.21. The van der Waals surface area contributed by atoms with Crippen molar-refractivity contribution in [2.24, 2.45) is 0 Å². The lowest BCUT2D eigenvalue weighted by Crippen LogP contribution is -2.30. The molecule has 1 amide bonds. The van der Waals surface area contributed by atoms with Crippen molar-refractivity contribution in [2.75, 3.05) is 6.54 Å². The third kappa shape index (κ3) is 4.99. The lowest BCUT2D eigenvalue weighted by Gasteiger charge is -2.21. The van der Waals surface area contributed by atoms with Crippen molar-refractivity contribution in [1.29, 1.82) is 0 Å². The summed E-state index contributed by atoms with van der Waals surface area (Å²) in [5.74, 6) is -0.397. The summed E-state index contributed by atoms with van der Waals surface area (Å²) in [6.45, 7) is 4.72. The Balaban J connectivity index is 1.91. The van der Waals surface area contributed by atoms with Crippen LogP contribution in [-0.2, 0) is 11.3 Å². The van der Waals surface area contributed by atoms with E-state index in [2.05, 4.69) is 0 Å². The molecule has 0 N–H and O–H groups in total. The Morgan fingerprint density at radius 2 is 1.96 bits per heavy atom. The number of nitrogens with zero attached hydrogens (tertiary/aromatic N) is 1. The van der Waals surface area contributed by atoms with Gasteiger partial charge in [0.1, 0.15) is 5.82 Å². The molecular formula is C18H20FNO2S. The number of rotatable bonds is 7. The number of amides is 1. The quantitative estimate of drug-likeness (QED) is 0.712. The van der Waals surface area contributed by atoms with E-state index in [0.717, 1.165) is 10.4 Å². The second kappa shape index (κ2) is 8.02. The van der Waals surface area contributed by atoms with Gasteiger partial charge >= 0.3 is 0 Å². The first-order chi connectivity index (χ1) is 11.0. The van der Waals surface area contributed by atoms with Crippen LogP contribution < -0.4 is 0 Å². The van der Waals surface area contributed by atoms with Gasteiger partial charge in [0.25, 0.3) is 0 Å². The van der Waals surface area contributed by atoms with Gasteiger partial charge in [-0.2, -0.15) is 0 Å². The number of halogens is 1. The van der Waals surface area contributed by atoms with E-state index in [1.807, 2.05) is 19.9 Å². The lowest BCUT2D eigenvalue weighted by atomic mass is 10.1. The van der Waals surface area contributed by atoms with Crippen molar-refractivity contribution in [1.82, 2.24) is 4.90 Å². The Hall–Kier alpha value is -2.01. The number of carbonyl (C=O) groups is 2. The summed E-state index contributed by atoms with van der Waals surface area (Å²) >= 11 is 1.45. The fourth-order valence-electron chi connectivity index (χ4n) is 2.32. The Kier molecular flexibility index (Phi) is 6.04. The summed E-state index contributed by atoms with van der Waals surface area (Å²) in [7, 11) is 0. The van der Waals surface area contributed by atoms with Gasteiger partial charge in [0.05, 0.1) is 4.88 Å². The molecule has 23 heavy (non-hydrogen) atoms. The molecule has 0 aliphatic heterocycles. The number of thiophene rings is 1. The van der Waals surface area contributed by atoms with Crippen molar-refractivity contribution >= 4 is 23.0 Å². The fourth-order valence-corrected chi connectivity index (χ4v) is 3.15. The van der Waals surface area contributed by atoms with Crippen LogP contribution in [-0.4, -0.2) is 23.1 Å². The zero-order valence-corrected chi connectivity index (χ0v) is 14.2. The molecule has 0 aliphatic rings. The Morgan fingerprint density at radius 1 is 1.17 bits per heavy atom. The summed E-state index contributed by atoms with van der Waals surface area (Å²) < 4.78 is 13.2. The van der Waals surface area contributed by atoms with E-state index in [-0.39, 0.29) is 30.3 Å². The van der Waals surface area contributed by atoms with Gasteiger partial charge in [-0.15, -0.1) is 11.3 Å². The SMILES string of the molecule is CCN(Cc1cccc(F)c1)C(=O)CCC(=O)c1ccc(C)s1. The highest BCUT2D eigenvalue weighted by atomic mass is 32.1. The average molecular weight is 333 g/mol. The fraction of sp³-hybridized carbons (Fsp3) is 0.333. The predicted molar refractivity (Wildman–Crippen MR) is 90.1 cm³/mol. The van der Waals surface area contributed by atoms with Crippen molar-refractivity contribution in [3.63, 3.8) is 0 Å². The monoisotopic (exact) mass is 333 g/mol. The zero-order valence-electron chi connectivity index (χ0n) is 13.3. The molecule has 0 spiro atoms. The molecule has 0 bridgehead atoms. The number of hydrogen-bond donors (Lipinski definition) is 0. The van der Waals surface area contributed by atoms with E-state index >= 15 is 0 Å². The van der Waals surface area contributed by atoms with Crippen LogP contribution in [0.15, 0.2) is 36.4 Å². The average Bonchev–Trinajstić information content (AvgIpc) is 2.96. The maximum Gasteiger partial charge on any atom is 0.223 e. The number of ketones is 1. The van der Waals surface area contributed by atoms with E-state index in [4.69, 9.17) is 0 Å². The van der Waals surface area contributed by atoms with Crippen molar-refractivity contribution < 1.29 is 14.0 Å². The molecule has 0 unspecified atom stereocenters. The van der Waals surface area contributed by atoms with Gasteiger partial charge in [0, 0.05) is 30.8 Å². The smallest absolute Gasteiger partial charge is 0.223 e. The lowest BCUT2D eigenvalue weighted by molar-refractivity contribution is -0.131. The Morgan fingerprint density at radius 3 is 2.57 bits per heavy atom. The number of Topliss-reactive ketones (excluding diaryl/α,β-unsaturated/α-hetero) is 1. The molecule has 5 heteroatoms. The van der Waals surface area contributed by atoms with Crippen LogP contribution in [0.4, 0.5) is 4.39 Å². The van der Waals surface area contributed by atoms with Crippen LogP contribution in [0, 0.1) is 12.7 Å². The number of benzene rings is 1. The normalized spacial score (nSPS) is 10.6. The molecule has 3 nitrogen and oxygen atoms in total. The maximum absolute atomic E-state index is 13.2. The molecule has 1 aromatic heterocycles. The Bertz CT molecular complexity index is 696.